The first-order chi connectivity index (χ1) is 8.27. The molecule has 17 heavy (non-hydrogen) atoms. The summed E-state index contributed by atoms with van der Waals surface area (Å²) in [6.45, 7) is 2.15. The van der Waals surface area contributed by atoms with Crippen LogP contribution in [0.1, 0.15) is 56.1 Å². The van der Waals surface area contributed by atoms with E-state index in [9.17, 15) is 0 Å². The Morgan fingerprint density at radius 2 is 1.41 bits per heavy atom. The van der Waals surface area contributed by atoms with Gasteiger partial charge < -0.3 is 0 Å². The molecule has 0 unspecified atom stereocenters. The van der Waals surface area contributed by atoms with Crippen molar-refractivity contribution >= 4 is 21.5 Å². The summed E-state index contributed by atoms with van der Waals surface area (Å²) in [5.41, 5.74) is 4.28. The predicted molar refractivity (Wildman–Crippen MR) is 79.3 cm³/mol. The fraction of sp³-hybridized carbons (Fsp3) is 0.500. The minimum Gasteiger partial charge on any atom is -0.0587 e. The lowest BCUT2D eigenvalue weighted by Gasteiger charge is -2.10. The summed E-state index contributed by atoms with van der Waals surface area (Å²) in [5.74, 6) is 0. The normalized spacial score (nSPS) is 18.5. The molecule has 92 valence electrons. The van der Waals surface area contributed by atoms with Crippen LogP contribution in [0.5, 0.6) is 0 Å². The van der Waals surface area contributed by atoms with Crippen LogP contribution < -0.4 is 0 Å². The minimum atomic E-state index is 1.21. The Balaban J connectivity index is 2.24. The van der Waals surface area contributed by atoms with Gasteiger partial charge in [0.25, 0.3) is 0 Å². The van der Waals surface area contributed by atoms with Crippen LogP contribution in [0.2, 0.25) is 0 Å². The second-order valence-electron chi connectivity index (χ2n) is 5.02. The van der Waals surface area contributed by atoms with Crippen molar-refractivity contribution in [3.8, 4) is 0 Å². The molecular formula is C16H21Br. The summed E-state index contributed by atoms with van der Waals surface area (Å²) in [7, 11) is 0. The van der Waals surface area contributed by atoms with Crippen LogP contribution in [0.4, 0.5) is 0 Å². The van der Waals surface area contributed by atoms with Crippen molar-refractivity contribution < 1.29 is 0 Å². The number of hydrogen-bond acceptors (Lipinski definition) is 0. The maximum atomic E-state index is 3.81. The summed E-state index contributed by atoms with van der Waals surface area (Å²) in [5, 5.41) is 0. The molecule has 1 aromatic carbocycles. The largest absolute Gasteiger partial charge is 0.0587 e. The van der Waals surface area contributed by atoms with Crippen LogP contribution in [0, 0.1) is 6.92 Å². The van der Waals surface area contributed by atoms with Crippen LogP contribution >= 0.6 is 15.9 Å². The molecule has 0 bridgehead atoms. The predicted octanol–water partition coefficient (Wildman–Crippen LogP) is 5.85. The number of allylic oxidation sites excluding steroid dienone is 2. The Labute approximate surface area is 113 Å². The summed E-state index contributed by atoms with van der Waals surface area (Å²) < 4.78 is 1.43. The van der Waals surface area contributed by atoms with Crippen LogP contribution in [0.25, 0.3) is 5.57 Å². The molecule has 0 radical (unpaired) electrons. The summed E-state index contributed by atoms with van der Waals surface area (Å²) >= 11 is 3.81. The van der Waals surface area contributed by atoms with Gasteiger partial charge in [-0.1, -0.05) is 65.0 Å². The van der Waals surface area contributed by atoms with E-state index in [2.05, 4.69) is 47.1 Å². The molecule has 1 heteroatoms. The highest BCUT2D eigenvalue weighted by Crippen LogP contribution is 2.33. The fourth-order valence-corrected chi connectivity index (χ4v) is 3.16. The lowest BCUT2D eigenvalue weighted by atomic mass is 9.98. The van der Waals surface area contributed by atoms with Gasteiger partial charge in [-0.3, -0.25) is 0 Å². The second-order valence-corrected chi connectivity index (χ2v) is 5.97. The summed E-state index contributed by atoms with van der Waals surface area (Å²) in [6, 6.07) is 8.97. The SMILES string of the molecule is Cc1ccc(C2=C(Br)CCCCCCC2)cc1. The maximum absolute atomic E-state index is 3.81. The Morgan fingerprint density at radius 3 is 2.12 bits per heavy atom. The first-order valence-corrected chi connectivity index (χ1v) is 7.51. The van der Waals surface area contributed by atoms with E-state index in [1.165, 1.54) is 66.1 Å². The van der Waals surface area contributed by atoms with Gasteiger partial charge in [-0.05, 0) is 48.2 Å². The third kappa shape index (κ3) is 3.70. The highest BCUT2D eigenvalue weighted by molar-refractivity contribution is 9.11. The number of rotatable bonds is 1. The molecule has 0 fully saturated rings. The molecular weight excluding hydrogens is 272 g/mol. The van der Waals surface area contributed by atoms with Crippen molar-refractivity contribution in [1.82, 2.24) is 0 Å². The van der Waals surface area contributed by atoms with Crippen molar-refractivity contribution in [3.05, 3.63) is 39.9 Å². The van der Waals surface area contributed by atoms with E-state index < -0.39 is 0 Å². The Kier molecular flexibility index (Phi) is 4.85. The lowest BCUT2D eigenvalue weighted by molar-refractivity contribution is 0.633. The van der Waals surface area contributed by atoms with Gasteiger partial charge in [0.15, 0.2) is 0 Å². The molecule has 0 N–H and O–H groups in total. The summed E-state index contributed by atoms with van der Waals surface area (Å²) in [4.78, 5) is 0. The standard InChI is InChI=1S/C16H21Br/c1-13-9-11-14(12-10-13)15-7-5-3-2-4-6-8-16(15)17/h9-12H,2-8H2,1H3. The highest BCUT2D eigenvalue weighted by Gasteiger charge is 2.09. The second kappa shape index (κ2) is 6.39. The van der Waals surface area contributed by atoms with Crippen molar-refractivity contribution in [2.75, 3.05) is 0 Å². The third-order valence-electron chi connectivity index (χ3n) is 3.55. The maximum Gasteiger partial charge on any atom is -0.00114 e. The highest BCUT2D eigenvalue weighted by atomic mass is 79.9. The third-order valence-corrected chi connectivity index (χ3v) is 4.43. The molecule has 0 saturated heterocycles. The van der Waals surface area contributed by atoms with Gasteiger partial charge in [-0.2, -0.15) is 0 Å². The molecule has 0 saturated carbocycles. The number of halogens is 1. The first-order valence-electron chi connectivity index (χ1n) is 6.72. The number of hydrogen-bond donors (Lipinski definition) is 0. The van der Waals surface area contributed by atoms with Crippen LogP contribution in [0.15, 0.2) is 28.7 Å². The van der Waals surface area contributed by atoms with E-state index in [1.54, 1.807) is 0 Å². The van der Waals surface area contributed by atoms with E-state index >= 15 is 0 Å². The Hall–Kier alpha value is -0.560. The van der Waals surface area contributed by atoms with Gasteiger partial charge in [0.1, 0.15) is 0 Å². The zero-order chi connectivity index (χ0) is 12.1. The van der Waals surface area contributed by atoms with Crippen molar-refractivity contribution in [2.24, 2.45) is 0 Å². The topological polar surface area (TPSA) is 0 Å². The molecule has 0 nitrogen and oxygen atoms in total. The van der Waals surface area contributed by atoms with Crippen molar-refractivity contribution in [1.29, 1.82) is 0 Å². The van der Waals surface area contributed by atoms with Gasteiger partial charge >= 0.3 is 0 Å². The minimum absolute atomic E-state index is 1.21. The molecule has 1 aliphatic rings. The Bertz CT molecular complexity index is 386. The average Bonchev–Trinajstić information content (AvgIpc) is 2.43. The fourth-order valence-electron chi connectivity index (χ4n) is 2.45. The van der Waals surface area contributed by atoms with Gasteiger partial charge in [-0.15, -0.1) is 0 Å². The lowest BCUT2D eigenvalue weighted by Crippen LogP contribution is -1.89. The Morgan fingerprint density at radius 1 is 0.824 bits per heavy atom. The molecule has 0 aliphatic heterocycles. The van der Waals surface area contributed by atoms with E-state index in [-0.39, 0.29) is 0 Å². The molecule has 1 aromatic rings. The summed E-state index contributed by atoms with van der Waals surface area (Å²) in [6.07, 6.45) is 9.27. The first kappa shape index (κ1) is 12.9. The van der Waals surface area contributed by atoms with Gasteiger partial charge in [0.05, 0.1) is 0 Å². The number of benzene rings is 1. The number of aryl methyl sites for hydroxylation is 1. The van der Waals surface area contributed by atoms with Gasteiger partial charge in [-0.25, -0.2) is 0 Å². The van der Waals surface area contributed by atoms with Crippen LogP contribution in [-0.4, -0.2) is 0 Å². The van der Waals surface area contributed by atoms with Gasteiger partial charge in [0.2, 0.25) is 0 Å². The van der Waals surface area contributed by atoms with Gasteiger partial charge in [0, 0.05) is 0 Å². The van der Waals surface area contributed by atoms with E-state index in [4.69, 9.17) is 0 Å². The van der Waals surface area contributed by atoms with Crippen LogP contribution in [-0.2, 0) is 0 Å². The smallest absolute Gasteiger partial charge is 0.00114 e. The van der Waals surface area contributed by atoms with Crippen LogP contribution in [0.3, 0.4) is 0 Å². The molecule has 0 spiro atoms. The molecule has 0 amide bonds. The quantitative estimate of drug-likeness (QED) is 0.609. The zero-order valence-electron chi connectivity index (χ0n) is 10.6. The molecule has 2 rings (SSSR count). The van der Waals surface area contributed by atoms with E-state index in [0.717, 1.165) is 0 Å². The molecule has 0 atom stereocenters. The molecule has 0 heterocycles. The van der Waals surface area contributed by atoms with E-state index in [1.807, 2.05) is 0 Å². The zero-order valence-corrected chi connectivity index (χ0v) is 12.2. The van der Waals surface area contributed by atoms with Crippen molar-refractivity contribution in [3.63, 3.8) is 0 Å². The molecule has 1 aliphatic carbocycles. The average molecular weight is 293 g/mol. The van der Waals surface area contributed by atoms with Crippen molar-refractivity contribution in [2.45, 2.75) is 51.9 Å². The van der Waals surface area contributed by atoms with E-state index in [0.29, 0.717) is 0 Å². The molecule has 0 aromatic heterocycles. The monoisotopic (exact) mass is 292 g/mol.